The summed E-state index contributed by atoms with van der Waals surface area (Å²) in [7, 11) is 2.12. The summed E-state index contributed by atoms with van der Waals surface area (Å²) in [6.07, 6.45) is 4.09. The fourth-order valence-corrected chi connectivity index (χ4v) is 4.00. The van der Waals surface area contributed by atoms with Crippen LogP contribution in [0.4, 0.5) is 10.1 Å². The molecule has 30 heavy (non-hydrogen) atoms. The highest BCUT2D eigenvalue weighted by Gasteiger charge is 2.33. The van der Waals surface area contributed by atoms with Crippen LogP contribution in [0.5, 0.6) is 11.5 Å². The number of anilines is 1. The first-order valence-corrected chi connectivity index (χ1v) is 10.5. The second-order valence-corrected chi connectivity index (χ2v) is 7.94. The Morgan fingerprint density at radius 1 is 1.03 bits per heavy atom. The minimum absolute atomic E-state index is 0.0560. The highest BCUT2D eigenvalue weighted by atomic mass is 19.1. The summed E-state index contributed by atoms with van der Waals surface area (Å²) in [5, 5.41) is 4.81. The SMILES string of the molecule is CN1CCCC1CON1CCC[C@H]1C(=O)Nc1ccc(Oc2ccc(F)cc2)cc1. The first-order chi connectivity index (χ1) is 14.6. The Morgan fingerprint density at radius 2 is 1.70 bits per heavy atom. The lowest BCUT2D eigenvalue weighted by molar-refractivity contribution is -0.181. The maximum atomic E-state index is 13.0. The van der Waals surface area contributed by atoms with Crippen molar-refractivity contribution in [1.82, 2.24) is 9.96 Å². The number of carbonyl (C=O) groups is 1. The number of carbonyl (C=O) groups excluding carboxylic acids is 1. The number of likely N-dealkylation sites (N-methyl/N-ethyl adjacent to an activating group) is 1. The van der Waals surface area contributed by atoms with Crippen molar-refractivity contribution in [3.63, 3.8) is 0 Å². The Morgan fingerprint density at radius 3 is 2.37 bits per heavy atom. The Balaban J connectivity index is 1.29. The third kappa shape index (κ3) is 5.16. The van der Waals surface area contributed by atoms with Gasteiger partial charge in [0.15, 0.2) is 0 Å². The van der Waals surface area contributed by atoms with Crippen LogP contribution in [-0.2, 0) is 9.63 Å². The molecular weight excluding hydrogens is 385 g/mol. The standard InChI is InChI=1S/C23H28FN3O3/c1-26-14-2-4-19(26)16-29-27-15-3-5-22(27)23(28)25-18-8-12-21(13-9-18)30-20-10-6-17(24)7-11-20/h6-13,19,22H,2-5,14-16H2,1H3,(H,25,28)/t19?,22-/m0/s1. The number of likely N-dealkylation sites (tertiary alicyclic amines) is 1. The lowest BCUT2D eigenvalue weighted by Gasteiger charge is -2.26. The normalized spacial score (nSPS) is 22.3. The van der Waals surface area contributed by atoms with E-state index in [0.717, 1.165) is 32.4 Å². The van der Waals surface area contributed by atoms with Crippen LogP contribution in [0.15, 0.2) is 48.5 Å². The Bertz CT molecular complexity index is 844. The lowest BCUT2D eigenvalue weighted by atomic mass is 10.2. The fourth-order valence-electron chi connectivity index (χ4n) is 4.00. The van der Waals surface area contributed by atoms with Gasteiger partial charge in [-0.25, -0.2) is 4.39 Å². The van der Waals surface area contributed by atoms with Crippen LogP contribution >= 0.6 is 0 Å². The molecule has 2 aliphatic heterocycles. The number of nitrogens with one attached hydrogen (secondary N) is 1. The van der Waals surface area contributed by atoms with Gasteiger partial charge in [0.1, 0.15) is 23.4 Å². The maximum Gasteiger partial charge on any atom is 0.244 e. The van der Waals surface area contributed by atoms with Gasteiger partial charge in [0.2, 0.25) is 5.91 Å². The zero-order valence-corrected chi connectivity index (χ0v) is 17.2. The van der Waals surface area contributed by atoms with Gasteiger partial charge in [0.25, 0.3) is 0 Å². The summed E-state index contributed by atoms with van der Waals surface area (Å²) in [4.78, 5) is 21.1. The zero-order valence-electron chi connectivity index (χ0n) is 17.2. The number of rotatable bonds is 7. The van der Waals surface area contributed by atoms with E-state index >= 15 is 0 Å². The van der Waals surface area contributed by atoms with Crippen LogP contribution in [0.1, 0.15) is 25.7 Å². The van der Waals surface area contributed by atoms with Crippen molar-refractivity contribution in [3.8, 4) is 11.5 Å². The van der Waals surface area contributed by atoms with Crippen molar-refractivity contribution in [2.75, 3.05) is 32.1 Å². The van der Waals surface area contributed by atoms with Gasteiger partial charge in [-0.2, -0.15) is 5.06 Å². The van der Waals surface area contributed by atoms with Crippen molar-refractivity contribution >= 4 is 11.6 Å². The largest absolute Gasteiger partial charge is 0.457 e. The van der Waals surface area contributed by atoms with E-state index in [1.165, 1.54) is 18.6 Å². The van der Waals surface area contributed by atoms with Gasteiger partial charge < -0.3 is 15.0 Å². The molecule has 0 bridgehead atoms. The predicted molar refractivity (Wildman–Crippen MR) is 113 cm³/mol. The third-order valence-electron chi connectivity index (χ3n) is 5.78. The van der Waals surface area contributed by atoms with E-state index in [1.807, 2.05) is 5.06 Å². The molecule has 2 aliphatic rings. The van der Waals surface area contributed by atoms with E-state index in [9.17, 15) is 9.18 Å². The molecule has 1 unspecified atom stereocenters. The fraction of sp³-hybridized carbons (Fsp3) is 0.435. The smallest absolute Gasteiger partial charge is 0.244 e. The molecule has 2 fully saturated rings. The van der Waals surface area contributed by atoms with Crippen LogP contribution in [0, 0.1) is 5.82 Å². The monoisotopic (exact) mass is 413 g/mol. The zero-order chi connectivity index (χ0) is 20.9. The second kappa shape index (κ2) is 9.55. The average molecular weight is 413 g/mol. The Labute approximate surface area is 176 Å². The van der Waals surface area contributed by atoms with E-state index in [4.69, 9.17) is 9.57 Å². The predicted octanol–water partition coefficient (Wildman–Crippen LogP) is 4.05. The first-order valence-electron chi connectivity index (χ1n) is 10.5. The third-order valence-corrected chi connectivity index (χ3v) is 5.78. The molecule has 2 aromatic carbocycles. The van der Waals surface area contributed by atoms with Crippen LogP contribution < -0.4 is 10.1 Å². The quantitative estimate of drug-likeness (QED) is 0.742. The summed E-state index contributed by atoms with van der Waals surface area (Å²) < 4.78 is 18.7. The molecule has 1 amide bonds. The molecule has 0 aromatic heterocycles. The highest BCUT2D eigenvalue weighted by Crippen LogP contribution is 2.25. The van der Waals surface area contributed by atoms with Gasteiger partial charge >= 0.3 is 0 Å². The number of benzene rings is 2. The van der Waals surface area contributed by atoms with E-state index < -0.39 is 0 Å². The van der Waals surface area contributed by atoms with Gasteiger partial charge in [0.05, 0.1) is 6.61 Å². The van der Waals surface area contributed by atoms with Crippen LogP contribution in [-0.4, -0.2) is 54.7 Å². The molecule has 2 aromatic rings. The topological polar surface area (TPSA) is 54.0 Å². The van der Waals surface area contributed by atoms with Crippen LogP contribution in [0.3, 0.4) is 0 Å². The first kappa shape index (κ1) is 20.8. The van der Waals surface area contributed by atoms with Crippen molar-refractivity contribution in [1.29, 1.82) is 0 Å². The second-order valence-electron chi connectivity index (χ2n) is 7.94. The van der Waals surface area contributed by atoms with Gasteiger partial charge in [-0.1, -0.05) is 0 Å². The van der Waals surface area contributed by atoms with Gasteiger partial charge in [0, 0.05) is 18.3 Å². The molecule has 1 N–H and O–H groups in total. The minimum atomic E-state index is -0.305. The van der Waals surface area contributed by atoms with Crippen molar-refractivity contribution < 1.29 is 18.8 Å². The summed E-state index contributed by atoms with van der Waals surface area (Å²) in [5.41, 5.74) is 0.703. The number of ether oxygens (including phenoxy) is 1. The average Bonchev–Trinajstić information content (AvgIpc) is 3.38. The number of hydrogen-bond donors (Lipinski definition) is 1. The molecule has 0 radical (unpaired) electrons. The molecule has 0 aliphatic carbocycles. The van der Waals surface area contributed by atoms with Crippen molar-refractivity contribution in [2.45, 2.75) is 37.8 Å². The summed E-state index contributed by atoms with van der Waals surface area (Å²) in [5.74, 6) is 0.811. The molecule has 160 valence electrons. The number of nitrogens with zero attached hydrogens (tertiary/aromatic N) is 2. The number of amides is 1. The van der Waals surface area contributed by atoms with Crippen LogP contribution in [0.2, 0.25) is 0 Å². The summed E-state index contributed by atoms with van der Waals surface area (Å²) >= 11 is 0. The van der Waals surface area contributed by atoms with Crippen LogP contribution in [0.25, 0.3) is 0 Å². The molecule has 2 saturated heterocycles. The molecule has 4 rings (SSSR count). The summed E-state index contributed by atoms with van der Waals surface area (Å²) in [6.45, 7) is 2.52. The number of hydrogen-bond acceptors (Lipinski definition) is 5. The maximum absolute atomic E-state index is 13.0. The molecular formula is C23H28FN3O3. The summed E-state index contributed by atoms with van der Waals surface area (Å²) in [6, 6.07) is 13.2. The number of hydroxylamine groups is 2. The lowest BCUT2D eigenvalue weighted by Crippen LogP contribution is -2.42. The van der Waals surface area contributed by atoms with Gasteiger partial charge in [-0.05, 0) is 87.8 Å². The molecule has 7 heteroatoms. The molecule has 0 saturated carbocycles. The molecule has 2 heterocycles. The van der Waals surface area contributed by atoms with E-state index in [2.05, 4.69) is 17.3 Å². The van der Waals surface area contributed by atoms with Gasteiger partial charge in [-0.15, -0.1) is 0 Å². The molecule has 0 spiro atoms. The Hall–Kier alpha value is -2.48. The Kier molecular flexibility index (Phi) is 6.62. The van der Waals surface area contributed by atoms with Crippen molar-refractivity contribution in [2.24, 2.45) is 0 Å². The molecule has 2 atom stereocenters. The van der Waals surface area contributed by atoms with E-state index in [-0.39, 0.29) is 17.8 Å². The number of halogens is 1. The van der Waals surface area contributed by atoms with Gasteiger partial charge in [-0.3, -0.25) is 9.63 Å². The molecule has 6 nitrogen and oxygen atoms in total. The van der Waals surface area contributed by atoms with E-state index in [1.54, 1.807) is 36.4 Å². The minimum Gasteiger partial charge on any atom is -0.457 e. The van der Waals surface area contributed by atoms with E-state index in [0.29, 0.717) is 29.8 Å². The van der Waals surface area contributed by atoms with Crippen molar-refractivity contribution in [3.05, 3.63) is 54.3 Å². The highest BCUT2D eigenvalue weighted by molar-refractivity contribution is 5.94.